The van der Waals surface area contributed by atoms with E-state index in [1.807, 2.05) is 11.9 Å². The summed E-state index contributed by atoms with van der Waals surface area (Å²) in [5.41, 5.74) is 0.114. The number of aromatic nitrogens is 2. The third-order valence-electron chi connectivity index (χ3n) is 3.22. The van der Waals surface area contributed by atoms with Crippen LogP contribution in [0.2, 0.25) is 0 Å². The fourth-order valence-electron chi connectivity index (χ4n) is 2.22. The number of carboxylic acid groups (broad SMARTS) is 1. The first-order valence-corrected chi connectivity index (χ1v) is 5.93. The first kappa shape index (κ1) is 12.8. The number of carboxylic acids is 1. The van der Waals surface area contributed by atoms with Crippen LogP contribution in [-0.4, -0.2) is 45.8 Å². The Balaban J connectivity index is 2.15. The lowest BCUT2D eigenvalue weighted by Crippen LogP contribution is -2.38. The highest BCUT2D eigenvalue weighted by molar-refractivity contribution is 5.92. The molecule has 98 valence electrons. The molecular weight excluding hydrogens is 234 g/mol. The van der Waals surface area contributed by atoms with Crippen molar-refractivity contribution in [1.29, 1.82) is 0 Å². The molecule has 0 amide bonds. The highest BCUT2D eigenvalue weighted by atomic mass is 16.4. The van der Waals surface area contributed by atoms with Crippen molar-refractivity contribution in [2.75, 3.05) is 18.5 Å². The minimum atomic E-state index is -1.02. The van der Waals surface area contributed by atoms with Gasteiger partial charge in [0.1, 0.15) is 17.2 Å². The standard InChI is InChI=1S/C12H17N3O3/c1-7-13-5-10(12(17)18)11(14-7)15(2)6-8-3-9(16)4-8/h5,8-9,16H,3-4,6H2,1-2H3,(H,17,18). The molecule has 0 radical (unpaired) electrons. The van der Waals surface area contributed by atoms with Gasteiger partial charge in [-0.05, 0) is 25.7 Å². The van der Waals surface area contributed by atoms with E-state index >= 15 is 0 Å². The summed E-state index contributed by atoms with van der Waals surface area (Å²) in [5, 5.41) is 18.4. The van der Waals surface area contributed by atoms with Crippen molar-refractivity contribution in [1.82, 2.24) is 9.97 Å². The van der Waals surface area contributed by atoms with E-state index in [0.717, 1.165) is 12.8 Å². The van der Waals surface area contributed by atoms with Gasteiger partial charge in [-0.25, -0.2) is 14.8 Å². The summed E-state index contributed by atoms with van der Waals surface area (Å²) in [6.07, 6.45) is 2.69. The molecule has 0 saturated heterocycles. The van der Waals surface area contributed by atoms with Gasteiger partial charge in [0.2, 0.25) is 0 Å². The third-order valence-corrected chi connectivity index (χ3v) is 3.22. The number of aryl methyl sites for hydroxylation is 1. The van der Waals surface area contributed by atoms with Crippen LogP contribution in [0.25, 0.3) is 0 Å². The quantitative estimate of drug-likeness (QED) is 0.818. The normalized spacial score (nSPS) is 22.4. The predicted octanol–water partition coefficient (Wildman–Crippen LogP) is 0.690. The molecular formula is C12H17N3O3. The van der Waals surface area contributed by atoms with Crippen molar-refractivity contribution in [3.8, 4) is 0 Å². The fourth-order valence-corrected chi connectivity index (χ4v) is 2.22. The van der Waals surface area contributed by atoms with Crippen LogP contribution in [0.5, 0.6) is 0 Å². The van der Waals surface area contributed by atoms with Crippen molar-refractivity contribution in [2.45, 2.75) is 25.9 Å². The summed E-state index contributed by atoms with van der Waals surface area (Å²) in [5.74, 6) is 0.374. The van der Waals surface area contributed by atoms with Gasteiger partial charge in [0, 0.05) is 19.8 Å². The van der Waals surface area contributed by atoms with Gasteiger partial charge < -0.3 is 15.1 Å². The van der Waals surface area contributed by atoms with Crippen LogP contribution in [0.3, 0.4) is 0 Å². The van der Waals surface area contributed by atoms with E-state index < -0.39 is 5.97 Å². The van der Waals surface area contributed by atoms with Crippen molar-refractivity contribution in [3.05, 3.63) is 17.6 Å². The lowest BCUT2D eigenvalue weighted by Gasteiger charge is -2.35. The molecule has 1 aliphatic carbocycles. The van der Waals surface area contributed by atoms with E-state index in [1.165, 1.54) is 6.20 Å². The summed E-state index contributed by atoms with van der Waals surface area (Å²) in [6.45, 7) is 2.43. The highest BCUT2D eigenvalue weighted by Gasteiger charge is 2.29. The minimum Gasteiger partial charge on any atom is -0.477 e. The first-order chi connectivity index (χ1) is 8.47. The molecule has 0 aromatic carbocycles. The van der Waals surface area contributed by atoms with Gasteiger partial charge >= 0.3 is 5.97 Å². The van der Waals surface area contributed by atoms with Crippen LogP contribution in [0.4, 0.5) is 5.82 Å². The van der Waals surface area contributed by atoms with Gasteiger partial charge in [-0.15, -0.1) is 0 Å². The summed E-state index contributed by atoms with van der Waals surface area (Å²) in [6, 6.07) is 0. The highest BCUT2D eigenvalue weighted by Crippen LogP contribution is 2.29. The Kier molecular flexibility index (Phi) is 3.47. The van der Waals surface area contributed by atoms with E-state index in [1.54, 1.807) is 6.92 Å². The summed E-state index contributed by atoms with van der Waals surface area (Å²) in [4.78, 5) is 21.0. The van der Waals surface area contributed by atoms with Gasteiger partial charge in [-0.2, -0.15) is 0 Å². The van der Waals surface area contributed by atoms with E-state index in [2.05, 4.69) is 9.97 Å². The van der Waals surface area contributed by atoms with E-state index in [9.17, 15) is 9.90 Å². The Bertz CT molecular complexity index is 458. The second-order valence-electron chi connectivity index (χ2n) is 4.83. The summed E-state index contributed by atoms with van der Waals surface area (Å²) >= 11 is 0. The molecule has 0 bridgehead atoms. The predicted molar refractivity (Wildman–Crippen MR) is 65.7 cm³/mol. The lowest BCUT2D eigenvalue weighted by molar-refractivity contribution is 0.0463. The molecule has 1 saturated carbocycles. The molecule has 1 aromatic rings. The topological polar surface area (TPSA) is 86.5 Å². The van der Waals surface area contributed by atoms with Gasteiger partial charge in [-0.3, -0.25) is 0 Å². The molecule has 1 fully saturated rings. The maximum absolute atomic E-state index is 11.1. The number of anilines is 1. The van der Waals surface area contributed by atoms with Crippen LogP contribution in [0.1, 0.15) is 29.0 Å². The van der Waals surface area contributed by atoms with Crippen LogP contribution in [-0.2, 0) is 0 Å². The Morgan fingerprint density at radius 1 is 1.56 bits per heavy atom. The molecule has 0 spiro atoms. The number of aliphatic hydroxyl groups is 1. The zero-order valence-corrected chi connectivity index (χ0v) is 10.5. The number of aliphatic hydroxyl groups excluding tert-OH is 1. The lowest BCUT2D eigenvalue weighted by atomic mass is 9.82. The zero-order valence-electron chi connectivity index (χ0n) is 10.5. The van der Waals surface area contributed by atoms with Crippen molar-refractivity contribution >= 4 is 11.8 Å². The molecule has 6 heteroatoms. The molecule has 0 unspecified atom stereocenters. The SMILES string of the molecule is Cc1ncc(C(=O)O)c(N(C)CC2CC(O)C2)n1. The Labute approximate surface area is 105 Å². The zero-order chi connectivity index (χ0) is 13.3. The van der Waals surface area contributed by atoms with Crippen molar-refractivity contribution in [2.24, 2.45) is 5.92 Å². The Morgan fingerprint density at radius 3 is 2.78 bits per heavy atom. The monoisotopic (exact) mass is 251 g/mol. The van der Waals surface area contributed by atoms with Gasteiger partial charge in [0.15, 0.2) is 0 Å². The molecule has 18 heavy (non-hydrogen) atoms. The van der Waals surface area contributed by atoms with Gasteiger partial charge in [0.05, 0.1) is 6.10 Å². The molecule has 1 aromatic heterocycles. The first-order valence-electron chi connectivity index (χ1n) is 5.93. The minimum absolute atomic E-state index is 0.114. The number of carbonyl (C=O) groups is 1. The fraction of sp³-hybridized carbons (Fsp3) is 0.583. The molecule has 6 nitrogen and oxygen atoms in total. The molecule has 2 N–H and O–H groups in total. The van der Waals surface area contributed by atoms with Gasteiger partial charge in [0.25, 0.3) is 0 Å². The van der Waals surface area contributed by atoms with E-state index in [-0.39, 0.29) is 11.7 Å². The Hall–Kier alpha value is -1.69. The van der Waals surface area contributed by atoms with Crippen LogP contribution in [0, 0.1) is 12.8 Å². The van der Waals surface area contributed by atoms with Gasteiger partial charge in [-0.1, -0.05) is 0 Å². The largest absolute Gasteiger partial charge is 0.477 e. The van der Waals surface area contributed by atoms with E-state index in [4.69, 9.17) is 5.11 Å². The smallest absolute Gasteiger partial charge is 0.341 e. The molecule has 1 aliphatic rings. The van der Waals surface area contributed by atoms with E-state index in [0.29, 0.717) is 24.1 Å². The molecule has 0 aliphatic heterocycles. The average molecular weight is 251 g/mol. The van der Waals surface area contributed by atoms with Crippen molar-refractivity contribution in [3.63, 3.8) is 0 Å². The van der Waals surface area contributed by atoms with Crippen LogP contribution < -0.4 is 4.90 Å². The Morgan fingerprint density at radius 2 is 2.22 bits per heavy atom. The number of nitrogens with zero attached hydrogens (tertiary/aromatic N) is 3. The second-order valence-corrected chi connectivity index (χ2v) is 4.83. The average Bonchev–Trinajstić information content (AvgIpc) is 2.26. The second kappa shape index (κ2) is 4.89. The number of hydrogen-bond donors (Lipinski definition) is 2. The maximum atomic E-state index is 11.1. The number of aromatic carboxylic acids is 1. The summed E-state index contributed by atoms with van der Waals surface area (Å²) in [7, 11) is 1.82. The molecule has 1 heterocycles. The van der Waals surface area contributed by atoms with Crippen LogP contribution >= 0.6 is 0 Å². The number of hydrogen-bond acceptors (Lipinski definition) is 5. The third kappa shape index (κ3) is 2.59. The molecule has 2 rings (SSSR count). The van der Waals surface area contributed by atoms with Crippen molar-refractivity contribution < 1.29 is 15.0 Å². The molecule has 0 atom stereocenters. The number of rotatable bonds is 4. The van der Waals surface area contributed by atoms with Crippen LogP contribution in [0.15, 0.2) is 6.20 Å². The summed E-state index contributed by atoms with van der Waals surface area (Å²) < 4.78 is 0. The maximum Gasteiger partial charge on any atom is 0.341 e.